The van der Waals surface area contributed by atoms with E-state index >= 15 is 0 Å². The number of rotatable bonds is 3. The summed E-state index contributed by atoms with van der Waals surface area (Å²) in [7, 11) is 0. The summed E-state index contributed by atoms with van der Waals surface area (Å²) in [5.41, 5.74) is 10.2. The maximum Gasteiger partial charge on any atom is 0.227 e. The number of halogens is 1. The molecule has 5 nitrogen and oxygen atoms in total. The number of hydrogen-bond donors (Lipinski definition) is 1. The second-order valence-electron chi connectivity index (χ2n) is 8.00. The number of guanidine groups is 1. The molecule has 2 heterocycles. The smallest absolute Gasteiger partial charge is 0.227 e. The van der Waals surface area contributed by atoms with Crippen LogP contribution in [0.5, 0.6) is 0 Å². The highest BCUT2D eigenvalue weighted by molar-refractivity contribution is 6.30. The largest absolute Gasteiger partial charge is 0.341 e. The van der Waals surface area contributed by atoms with Gasteiger partial charge in [-0.1, -0.05) is 60.1 Å². The van der Waals surface area contributed by atoms with Crippen molar-refractivity contribution in [3.63, 3.8) is 0 Å². The summed E-state index contributed by atoms with van der Waals surface area (Å²) in [6.07, 6.45) is 3.57. The van der Waals surface area contributed by atoms with Gasteiger partial charge in [0.2, 0.25) is 11.7 Å². The molecule has 1 unspecified atom stereocenters. The average molecular weight is 432 g/mol. The fourth-order valence-corrected chi connectivity index (χ4v) is 4.54. The summed E-state index contributed by atoms with van der Waals surface area (Å²) in [5.74, 6) is -0.160. The predicted molar refractivity (Wildman–Crippen MR) is 128 cm³/mol. The molecular formula is C25H26ClN5. The van der Waals surface area contributed by atoms with Crippen molar-refractivity contribution in [2.75, 3.05) is 23.0 Å². The number of hydrazone groups is 1. The standard InChI is InChI=1S/C25H26ClN5/c26-21-16-14-20(15-17-21)25(27)30(22-10-4-1-5-11-22)24(29-18-8-3-9-19-29)28-31(25)23-12-6-2-7-13-23/h1-2,4-7,10-17H,3,8-9,18-19,27H2. The zero-order valence-electron chi connectivity index (χ0n) is 17.4. The summed E-state index contributed by atoms with van der Waals surface area (Å²) >= 11 is 6.22. The third-order valence-electron chi connectivity index (χ3n) is 5.98. The minimum Gasteiger partial charge on any atom is -0.341 e. The number of nitrogens with two attached hydrogens (primary N) is 1. The van der Waals surface area contributed by atoms with E-state index in [9.17, 15) is 0 Å². The highest BCUT2D eigenvalue weighted by atomic mass is 35.5. The molecule has 0 aliphatic carbocycles. The molecule has 5 rings (SSSR count). The maximum absolute atomic E-state index is 7.35. The van der Waals surface area contributed by atoms with Crippen LogP contribution >= 0.6 is 11.6 Å². The third kappa shape index (κ3) is 3.54. The minimum absolute atomic E-state index is 0.681. The van der Waals surface area contributed by atoms with Gasteiger partial charge in [-0.15, -0.1) is 5.10 Å². The van der Waals surface area contributed by atoms with Crippen molar-refractivity contribution in [3.8, 4) is 0 Å². The fourth-order valence-electron chi connectivity index (χ4n) is 4.42. The van der Waals surface area contributed by atoms with E-state index in [0.29, 0.717) is 5.02 Å². The van der Waals surface area contributed by atoms with Gasteiger partial charge in [0.05, 0.1) is 5.69 Å². The molecule has 0 aromatic heterocycles. The van der Waals surface area contributed by atoms with Gasteiger partial charge in [-0.2, -0.15) is 0 Å². The van der Waals surface area contributed by atoms with Crippen LogP contribution in [0.4, 0.5) is 11.4 Å². The molecule has 1 fully saturated rings. The van der Waals surface area contributed by atoms with E-state index in [-0.39, 0.29) is 0 Å². The van der Waals surface area contributed by atoms with Gasteiger partial charge in [0.1, 0.15) is 0 Å². The Morgan fingerprint density at radius 3 is 1.94 bits per heavy atom. The molecule has 0 saturated carbocycles. The highest BCUT2D eigenvalue weighted by Crippen LogP contribution is 2.41. The molecule has 2 aliphatic rings. The molecule has 1 atom stereocenters. The lowest BCUT2D eigenvalue weighted by molar-refractivity contribution is 0.334. The van der Waals surface area contributed by atoms with E-state index < -0.39 is 5.79 Å². The fraction of sp³-hybridized carbons (Fsp3) is 0.240. The Kier molecular flexibility index (Phi) is 5.30. The molecule has 2 N–H and O–H groups in total. The summed E-state index contributed by atoms with van der Waals surface area (Å²) in [4.78, 5) is 4.52. The van der Waals surface area contributed by atoms with Crippen molar-refractivity contribution in [1.82, 2.24) is 4.90 Å². The van der Waals surface area contributed by atoms with E-state index in [1.165, 1.54) is 6.42 Å². The molecule has 1 saturated heterocycles. The number of benzene rings is 3. The first-order valence-electron chi connectivity index (χ1n) is 10.8. The second kappa shape index (κ2) is 8.25. The SMILES string of the molecule is NC1(c2ccc(Cl)cc2)N(c2ccccc2)N=C(N2CCCCC2)N1c1ccccc1. The Labute approximate surface area is 188 Å². The van der Waals surface area contributed by atoms with Crippen molar-refractivity contribution in [1.29, 1.82) is 0 Å². The maximum atomic E-state index is 7.35. The lowest BCUT2D eigenvalue weighted by Crippen LogP contribution is -2.62. The minimum atomic E-state index is -1.04. The normalized spacial score (nSPS) is 21.4. The number of para-hydroxylation sites is 2. The Bertz CT molecular complexity index is 1050. The number of hydrogen-bond acceptors (Lipinski definition) is 5. The third-order valence-corrected chi connectivity index (χ3v) is 6.23. The van der Waals surface area contributed by atoms with Crippen LogP contribution in [0.25, 0.3) is 0 Å². The van der Waals surface area contributed by atoms with Crippen molar-refractivity contribution in [2.45, 2.75) is 25.0 Å². The monoisotopic (exact) mass is 431 g/mol. The van der Waals surface area contributed by atoms with Gasteiger partial charge in [0.25, 0.3) is 0 Å². The van der Waals surface area contributed by atoms with Crippen molar-refractivity contribution in [3.05, 3.63) is 95.5 Å². The van der Waals surface area contributed by atoms with Crippen LogP contribution in [0, 0.1) is 0 Å². The number of nitrogens with zero attached hydrogens (tertiary/aromatic N) is 4. The summed E-state index contributed by atoms with van der Waals surface area (Å²) in [5, 5.41) is 7.75. The molecule has 0 amide bonds. The molecule has 0 spiro atoms. The highest BCUT2D eigenvalue weighted by Gasteiger charge is 2.50. The van der Waals surface area contributed by atoms with Crippen LogP contribution in [0.2, 0.25) is 5.02 Å². The van der Waals surface area contributed by atoms with E-state index in [4.69, 9.17) is 22.4 Å². The van der Waals surface area contributed by atoms with Crippen LogP contribution in [-0.4, -0.2) is 23.9 Å². The molecule has 31 heavy (non-hydrogen) atoms. The lowest BCUT2D eigenvalue weighted by Gasteiger charge is -2.43. The van der Waals surface area contributed by atoms with Crippen molar-refractivity contribution in [2.24, 2.45) is 10.8 Å². The first-order chi connectivity index (χ1) is 15.2. The van der Waals surface area contributed by atoms with Gasteiger partial charge in [0.15, 0.2) is 0 Å². The zero-order valence-corrected chi connectivity index (χ0v) is 18.1. The molecule has 0 bridgehead atoms. The Morgan fingerprint density at radius 1 is 0.742 bits per heavy atom. The number of likely N-dealkylation sites (tertiary alicyclic amines) is 1. The van der Waals surface area contributed by atoms with Gasteiger partial charge in [0, 0.05) is 29.4 Å². The Balaban J connectivity index is 1.71. The topological polar surface area (TPSA) is 48.1 Å². The van der Waals surface area contributed by atoms with E-state index in [0.717, 1.165) is 48.8 Å². The van der Waals surface area contributed by atoms with Crippen LogP contribution in [-0.2, 0) is 5.79 Å². The zero-order chi connectivity index (χ0) is 21.3. The summed E-state index contributed by atoms with van der Waals surface area (Å²) < 4.78 is 0. The van der Waals surface area contributed by atoms with E-state index in [2.05, 4.69) is 21.9 Å². The van der Waals surface area contributed by atoms with E-state index in [1.54, 1.807) is 0 Å². The molecule has 2 aliphatic heterocycles. The Morgan fingerprint density at radius 2 is 1.32 bits per heavy atom. The molecule has 6 heteroatoms. The van der Waals surface area contributed by atoms with Gasteiger partial charge in [-0.3, -0.25) is 10.6 Å². The summed E-state index contributed by atoms with van der Waals surface area (Å²) in [6.45, 7) is 1.95. The summed E-state index contributed by atoms with van der Waals surface area (Å²) in [6, 6.07) is 28.1. The van der Waals surface area contributed by atoms with Crippen LogP contribution < -0.4 is 15.6 Å². The second-order valence-corrected chi connectivity index (χ2v) is 8.44. The van der Waals surface area contributed by atoms with Crippen LogP contribution in [0.3, 0.4) is 0 Å². The van der Waals surface area contributed by atoms with Crippen molar-refractivity contribution < 1.29 is 0 Å². The lowest BCUT2D eigenvalue weighted by atomic mass is 10.0. The molecule has 3 aromatic carbocycles. The quantitative estimate of drug-likeness (QED) is 0.619. The van der Waals surface area contributed by atoms with Crippen molar-refractivity contribution >= 4 is 28.9 Å². The van der Waals surface area contributed by atoms with Gasteiger partial charge < -0.3 is 4.90 Å². The first-order valence-corrected chi connectivity index (χ1v) is 11.1. The molecular weight excluding hydrogens is 406 g/mol. The molecule has 3 aromatic rings. The molecule has 0 radical (unpaired) electrons. The first kappa shape index (κ1) is 19.9. The van der Waals surface area contributed by atoms with Gasteiger partial charge in [-0.25, -0.2) is 5.01 Å². The van der Waals surface area contributed by atoms with E-state index in [1.807, 2.05) is 77.8 Å². The predicted octanol–water partition coefficient (Wildman–Crippen LogP) is 5.19. The Hall–Kier alpha value is -3.02. The van der Waals surface area contributed by atoms with Crippen LogP contribution in [0.1, 0.15) is 24.8 Å². The molecule has 158 valence electrons. The van der Waals surface area contributed by atoms with Gasteiger partial charge in [-0.05, 0) is 55.7 Å². The number of piperidine rings is 1. The van der Waals surface area contributed by atoms with Gasteiger partial charge >= 0.3 is 0 Å². The average Bonchev–Trinajstić information content (AvgIpc) is 3.15. The van der Waals surface area contributed by atoms with Crippen LogP contribution in [0.15, 0.2) is 90.0 Å². The number of anilines is 2.